The van der Waals surface area contributed by atoms with Gasteiger partial charge in [0.1, 0.15) is 0 Å². The first-order valence-corrected chi connectivity index (χ1v) is 7.33. The molecule has 0 amide bonds. The van der Waals surface area contributed by atoms with Crippen molar-refractivity contribution in [1.29, 1.82) is 0 Å². The summed E-state index contributed by atoms with van der Waals surface area (Å²) in [5, 5.41) is 0. The highest BCUT2D eigenvalue weighted by Gasteiger charge is 2.12. The Morgan fingerprint density at radius 1 is 1.28 bits per heavy atom. The number of aryl methyl sites for hydroxylation is 1. The van der Waals surface area contributed by atoms with Crippen molar-refractivity contribution in [3.8, 4) is 0 Å². The molecule has 1 aliphatic rings. The molecule has 1 heterocycles. The highest BCUT2D eigenvalue weighted by molar-refractivity contribution is 6.17. The molecule has 0 atom stereocenters. The summed E-state index contributed by atoms with van der Waals surface area (Å²) in [6.07, 6.45) is 2.74. The third-order valence-corrected chi connectivity index (χ3v) is 4.09. The van der Waals surface area contributed by atoms with E-state index >= 15 is 0 Å². The van der Waals surface area contributed by atoms with E-state index in [4.69, 9.17) is 11.6 Å². The lowest BCUT2D eigenvalue weighted by molar-refractivity contribution is 0.346. The van der Waals surface area contributed by atoms with Gasteiger partial charge in [-0.05, 0) is 50.0 Å². The van der Waals surface area contributed by atoms with Gasteiger partial charge in [-0.1, -0.05) is 12.1 Å². The van der Waals surface area contributed by atoms with Crippen molar-refractivity contribution in [2.45, 2.75) is 25.6 Å². The van der Waals surface area contributed by atoms with Crippen LogP contribution >= 0.6 is 11.6 Å². The Bertz CT molecular complexity index is 386. The molecule has 0 bridgehead atoms. The van der Waals surface area contributed by atoms with Crippen molar-refractivity contribution >= 4 is 17.3 Å². The summed E-state index contributed by atoms with van der Waals surface area (Å²) in [6, 6.07) is 6.51. The summed E-state index contributed by atoms with van der Waals surface area (Å²) in [4.78, 5) is 4.91. The van der Waals surface area contributed by atoms with Crippen LogP contribution in [-0.2, 0) is 5.88 Å². The van der Waals surface area contributed by atoms with Gasteiger partial charge < -0.3 is 9.80 Å². The first-order valence-electron chi connectivity index (χ1n) is 6.79. The van der Waals surface area contributed by atoms with Gasteiger partial charge in [-0.15, -0.1) is 11.6 Å². The fourth-order valence-electron chi connectivity index (χ4n) is 2.65. The van der Waals surface area contributed by atoms with Gasteiger partial charge in [0.25, 0.3) is 0 Å². The average Bonchev–Trinajstić information content (AvgIpc) is 2.88. The molecule has 1 aromatic rings. The molecular weight excluding hydrogens is 244 g/mol. The van der Waals surface area contributed by atoms with Crippen molar-refractivity contribution < 1.29 is 0 Å². The Labute approximate surface area is 116 Å². The molecule has 0 aromatic heterocycles. The molecule has 18 heavy (non-hydrogen) atoms. The van der Waals surface area contributed by atoms with Crippen molar-refractivity contribution in [2.75, 3.05) is 38.1 Å². The number of halogens is 1. The Balaban J connectivity index is 1.93. The van der Waals surface area contributed by atoms with Crippen LogP contribution in [0.3, 0.4) is 0 Å². The second kappa shape index (κ2) is 6.44. The molecular formula is C15H23ClN2. The lowest BCUT2D eigenvalue weighted by Crippen LogP contribution is -2.31. The van der Waals surface area contributed by atoms with E-state index < -0.39 is 0 Å². The van der Waals surface area contributed by atoms with Crippen molar-refractivity contribution in [3.05, 3.63) is 29.3 Å². The van der Waals surface area contributed by atoms with E-state index in [2.05, 4.69) is 42.0 Å². The summed E-state index contributed by atoms with van der Waals surface area (Å²) in [5.41, 5.74) is 3.84. The molecule has 1 fully saturated rings. The monoisotopic (exact) mass is 266 g/mol. The summed E-state index contributed by atoms with van der Waals surface area (Å²) in [6.45, 7) is 6.99. The maximum atomic E-state index is 5.86. The lowest BCUT2D eigenvalue weighted by atomic mass is 10.1. The molecule has 0 unspecified atom stereocenters. The maximum absolute atomic E-state index is 5.86. The minimum Gasteiger partial charge on any atom is -0.373 e. The number of benzene rings is 1. The molecule has 0 aliphatic carbocycles. The SMILES string of the molecule is Cc1cc(CCl)ccc1N(C)CCN1CCCC1. The van der Waals surface area contributed by atoms with Gasteiger partial charge in [-0.2, -0.15) is 0 Å². The van der Waals surface area contributed by atoms with Crippen LogP contribution in [0, 0.1) is 6.92 Å². The average molecular weight is 267 g/mol. The molecule has 3 heteroatoms. The number of alkyl halides is 1. The number of hydrogen-bond donors (Lipinski definition) is 0. The van der Waals surface area contributed by atoms with Crippen LogP contribution in [0.1, 0.15) is 24.0 Å². The van der Waals surface area contributed by atoms with Gasteiger partial charge in [0.15, 0.2) is 0 Å². The standard InChI is InChI=1S/C15H23ClN2/c1-13-11-14(12-16)5-6-15(13)17(2)9-10-18-7-3-4-8-18/h5-6,11H,3-4,7-10,12H2,1-2H3. The van der Waals surface area contributed by atoms with Gasteiger partial charge in [0.05, 0.1) is 0 Å². The Kier molecular flexibility index (Phi) is 4.90. The summed E-state index contributed by atoms with van der Waals surface area (Å²) < 4.78 is 0. The van der Waals surface area contributed by atoms with Gasteiger partial charge in [0, 0.05) is 31.7 Å². The number of rotatable bonds is 5. The zero-order chi connectivity index (χ0) is 13.0. The van der Waals surface area contributed by atoms with Crippen molar-refractivity contribution in [3.63, 3.8) is 0 Å². The van der Waals surface area contributed by atoms with Gasteiger partial charge in [-0.25, -0.2) is 0 Å². The second-order valence-electron chi connectivity index (χ2n) is 5.22. The third-order valence-electron chi connectivity index (χ3n) is 3.78. The van der Waals surface area contributed by atoms with E-state index in [1.165, 1.54) is 49.3 Å². The van der Waals surface area contributed by atoms with Crippen LogP contribution in [0.4, 0.5) is 5.69 Å². The van der Waals surface area contributed by atoms with Crippen LogP contribution in [0.25, 0.3) is 0 Å². The minimum absolute atomic E-state index is 0.596. The van der Waals surface area contributed by atoms with Crippen molar-refractivity contribution in [1.82, 2.24) is 4.90 Å². The third kappa shape index (κ3) is 3.39. The largest absolute Gasteiger partial charge is 0.373 e. The van der Waals surface area contributed by atoms with Crippen LogP contribution in [0.5, 0.6) is 0 Å². The zero-order valence-electron chi connectivity index (χ0n) is 11.5. The molecule has 100 valence electrons. The van der Waals surface area contributed by atoms with Crippen LogP contribution in [0.2, 0.25) is 0 Å². The Hall–Kier alpha value is -0.730. The fourth-order valence-corrected chi connectivity index (χ4v) is 2.81. The first-order chi connectivity index (χ1) is 8.70. The highest BCUT2D eigenvalue weighted by atomic mass is 35.5. The van der Waals surface area contributed by atoms with Crippen molar-refractivity contribution in [2.24, 2.45) is 0 Å². The Morgan fingerprint density at radius 2 is 2.00 bits per heavy atom. The summed E-state index contributed by atoms with van der Waals surface area (Å²) in [5.74, 6) is 0.596. The fraction of sp³-hybridized carbons (Fsp3) is 0.600. The predicted molar refractivity (Wildman–Crippen MR) is 79.7 cm³/mol. The first kappa shape index (κ1) is 13.7. The van der Waals surface area contributed by atoms with E-state index in [-0.39, 0.29) is 0 Å². The smallest absolute Gasteiger partial charge is 0.0474 e. The number of likely N-dealkylation sites (tertiary alicyclic amines) is 1. The number of likely N-dealkylation sites (N-methyl/N-ethyl adjacent to an activating group) is 1. The van der Waals surface area contributed by atoms with Gasteiger partial charge >= 0.3 is 0 Å². The molecule has 0 N–H and O–H groups in total. The molecule has 2 nitrogen and oxygen atoms in total. The zero-order valence-corrected chi connectivity index (χ0v) is 12.2. The minimum atomic E-state index is 0.596. The molecule has 0 radical (unpaired) electrons. The molecule has 1 saturated heterocycles. The van der Waals surface area contributed by atoms with Gasteiger partial charge in [0.2, 0.25) is 0 Å². The Morgan fingerprint density at radius 3 is 2.61 bits per heavy atom. The normalized spacial score (nSPS) is 16.2. The molecule has 1 aliphatic heterocycles. The predicted octanol–water partition coefficient (Wildman–Crippen LogP) is 3.27. The topological polar surface area (TPSA) is 6.48 Å². The van der Waals surface area contributed by atoms with Crippen LogP contribution < -0.4 is 4.90 Å². The lowest BCUT2D eigenvalue weighted by Gasteiger charge is -2.24. The quantitative estimate of drug-likeness (QED) is 0.755. The van der Waals surface area contributed by atoms with E-state index in [1.807, 2.05) is 0 Å². The van der Waals surface area contributed by atoms with E-state index in [9.17, 15) is 0 Å². The van der Waals surface area contributed by atoms with E-state index in [0.717, 1.165) is 6.54 Å². The van der Waals surface area contributed by atoms with E-state index in [0.29, 0.717) is 5.88 Å². The molecule has 2 rings (SSSR count). The highest BCUT2D eigenvalue weighted by Crippen LogP contribution is 2.21. The van der Waals surface area contributed by atoms with Crippen LogP contribution in [0.15, 0.2) is 18.2 Å². The molecule has 0 saturated carbocycles. The van der Waals surface area contributed by atoms with Gasteiger partial charge in [-0.3, -0.25) is 0 Å². The summed E-state index contributed by atoms with van der Waals surface area (Å²) >= 11 is 5.86. The second-order valence-corrected chi connectivity index (χ2v) is 5.49. The summed E-state index contributed by atoms with van der Waals surface area (Å²) in [7, 11) is 2.18. The number of nitrogens with zero attached hydrogens (tertiary/aromatic N) is 2. The molecule has 0 spiro atoms. The number of hydrogen-bond acceptors (Lipinski definition) is 2. The van der Waals surface area contributed by atoms with Crippen LogP contribution in [-0.4, -0.2) is 38.1 Å². The molecule has 1 aromatic carbocycles. The number of anilines is 1. The van der Waals surface area contributed by atoms with E-state index in [1.54, 1.807) is 0 Å². The maximum Gasteiger partial charge on any atom is 0.0474 e.